The van der Waals surface area contributed by atoms with Crippen LogP contribution in [0.1, 0.15) is 6.92 Å². The summed E-state index contributed by atoms with van der Waals surface area (Å²) in [5.74, 6) is -0.283. The molecule has 0 bridgehead atoms. The van der Waals surface area contributed by atoms with Crippen LogP contribution < -0.4 is 0 Å². The van der Waals surface area contributed by atoms with Crippen LogP contribution in [-0.4, -0.2) is 22.4 Å². The monoisotopic (exact) mass is 306 g/mol. The van der Waals surface area contributed by atoms with Gasteiger partial charge in [0, 0.05) is 17.3 Å². The van der Waals surface area contributed by atoms with Gasteiger partial charge in [0.1, 0.15) is 12.2 Å². The van der Waals surface area contributed by atoms with Gasteiger partial charge in [-0.2, -0.15) is 5.10 Å². The van der Waals surface area contributed by atoms with Crippen LogP contribution in [0.15, 0.2) is 66.9 Å². The van der Waals surface area contributed by atoms with Gasteiger partial charge in [-0.15, -0.1) is 0 Å². The van der Waals surface area contributed by atoms with Crippen LogP contribution in [-0.2, 0) is 16.1 Å². The van der Waals surface area contributed by atoms with Crippen molar-refractivity contribution in [1.82, 2.24) is 9.78 Å². The van der Waals surface area contributed by atoms with Crippen molar-refractivity contribution in [2.45, 2.75) is 13.5 Å². The van der Waals surface area contributed by atoms with Crippen molar-refractivity contribution in [2.75, 3.05) is 6.61 Å². The standard InChI is InChI=1S/C19H18N2O2/c1-2-23-18(22)14-21-13-17(15-9-5-3-6-10-15)19(20-21)16-11-7-4-8-12-16/h3-13H,2,14H2,1H3. The molecule has 116 valence electrons. The van der Waals surface area contributed by atoms with E-state index in [4.69, 9.17) is 4.74 Å². The maximum absolute atomic E-state index is 11.7. The topological polar surface area (TPSA) is 44.1 Å². The number of aromatic nitrogens is 2. The normalized spacial score (nSPS) is 10.5. The predicted octanol–water partition coefficient (Wildman–Crippen LogP) is 3.78. The third-order valence-electron chi connectivity index (χ3n) is 3.49. The van der Waals surface area contributed by atoms with Crippen LogP contribution in [0.25, 0.3) is 22.4 Å². The number of carbonyl (C=O) groups is 1. The molecule has 0 saturated heterocycles. The van der Waals surface area contributed by atoms with Crippen molar-refractivity contribution in [1.29, 1.82) is 0 Å². The van der Waals surface area contributed by atoms with Crippen LogP contribution in [0.4, 0.5) is 0 Å². The van der Waals surface area contributed by atoms with Crippen molar-refractivity contribution in [3.8, 4) is 22.4 Å². The van der Waals surface area contributed by atoms with E-state index < -0.39 is 0 Å². The molecule has 0 aliphatic carbocycles. The predicted molar refractivity (Wildman–Crippen MR) is 89.7 cm³/mol. The fourth-order valence-corrected chi connectivity index (χ4v) is 2.48. The number of benzene rings is 2. The highest BCUT2D eigenvalue weighted by molar-refractivity contribution is 5.80. The first kappa shape index (κ1) is 15.0. The molecule has 0 aliphatic heterocycles. The SMILES string of the molecule is CCOC(=O)Cn1cc(-c2ccccc2)c(-c2ccccc2)n1. The molecular weight excluding hydrogens is 288 g/mol. The van der Waals surface area contributed by atoms with Gasteiger partial charge in [-0.1, -0.05) is 60.7 Å². The molecule has 0 saturated carbocycles. The van der Waals surface area contributed by atoms with E-state index in [2.05, 4.69) is 5.10 Å². The van der Waals surface area contributed by atoms with Crippen molar-refractivity contribution in [2.24, 2.45) is 0 Å². The first-order valence-electron chi connectivity index (χ1n) is 7.62. The van der Waals surface area contributed by atoms with Crippen LogP contribution in [0.3, 0.4) is 0 Å². The summed E-state index contributed by atoms with van der Waals surface area (Å²) in [5.41, 5.74) is 3.96. The minimum absolute atomic E-state index is 0.112. The van der Waals surface area contributed by atoms with Crippen molar-refractivity contribution in [3.63, 3.8) is 0 Å². The average molecular weight is 306 g/mol. The molecule has 3 aromatic rings. The minimum atomic E-state index is -0.283. The molecule has 1 heterocycles. The highest BCUT2D eigenvalue weighted by Gasteiger charge is 2.14. The van der Waals surface area contributed by atoms with Crippen molar-refractivity contribution in [3.05, 3.63) is 66.9 Å². The number of esters is 1. The Morgan fingerprint density at radius 1 is 1.00 bits per heavy atom. The maximum Gasteiger partial charge on any atom is 0.327 e. The van der Waals surface area contributed by atoms with Gasteiger partial charge in [0.05, 0.1) is 6.61 Å². The van der Waals surface area contributed by atoms with Gasteiger partial charge in [0.25, 0.3) is 0 Å². The molecule has 0 amide bonds. The smallest absolute Gasteiger partial charge is 0.327 e. The number of ether oxygens (including phenoxy) is 1. The zero-order chi connectivity index (χ0) is 16.1. The van der Waals surface area contributed by atoms with E-state index in [1.165, 1.54) is 0 Å². The molecule has 0 aliphatic rings. The summed E-state index contributed by atoms with van der Waals surface area (Å²) in [4.78, 5) is 11.7. The second-order valence-electron chi connectivity index (χ2n) is 5.13. The van der Waals surface area contributed by atoms with Gasteiger partial charge in [0.2, 0.25) is 0 Å². The van der Waals surface area contributed by atoms with Gasteiger partial charge in [-0.05, 0) is 12.5 Å². The Kier molecular flexibility index (Phi) is 4.52. The molecular formula is C19H18N2O2. The lowest BCUT2D eigenvalue weighted by Crippen LogP contribution is -2.13. The van der Waals surface area contributed by atoms with Crippen molar-refractivity contribution < 1.29 is 9.53 Å². The molecule has 2 aromatic carbocycles. The van der Waals surface area contributed by atoms with E-state index >= 15 is 0 Å². The first-order chi connectivity index (χ1) is 11.3. The molecule has 0 radical (unpaired) electrons. The zero-order valence-electron chi connectivity index (χ0n) is 13.0. The van der Waals surface area contributed by atoms with E-state index in [1.54, 1.807) is 11.6 Å². The lowest BCUT2D eigenvalue weighted by molar-refractivity contribution is -0.144. The molecule has 23 heavy (non-hydrogen) atoms. The fourth-order valence-electron chi connectivity index (χ4n) is 2.48. The minimum Gasteiger partial charge on any atom is -0.465 e. The Hall–Kier alpha value is -2.88. The van der Waals surface area contributed by atoms with E-state index in [1.807, 2.05) is 66.9 Å². The molecule has 4 heteroatoms. The highest BCUT2D eigenvalue weighted by atomic mass is 16.5. The summed E-state index contributed by atoms with van der Waals surface area (Å²) in [5, 5.41) is 4.59. The molecule has 0 unspecified atom stereocenters. The van der Waals surface area contributed by atoms with Crippen LogP contribution in [0, 0.1) is 0 Å². The molecule has 4 nitrogen and oxygen atoms in total. The number of hydrogen-bond donors (Lipinski definition) is 0. The number of carbonyl (C=O) groups excluding carboxylic acids is 1. The summed E-state index contributed by atoms with van der Waals surface area (Å²) in [6, 6.07) is 20.0. The van der Waals surface area contributed by atoms with E-state index in [0.717, 1.165) is 22.4 Å². The molecule has 0 spiro atoms. The largest absolute Gasteiger partial charge is 0.465 e. The van der Waals surface area contributed by atoms with Crippen molar-refractivity contribution >= 4 is 5.97 Å². The molecule has 1 aromatic heterocycles. The van der Waals surface area contributed by atoms with Crippen LogP contribution >= 0.6 is 0 Å². The Bertz CT molecular complexity index is 723. The van der Waals surface area contributed by atoms with Gasteiger partial charge >= 0.3 is 5.97 Å². The molecule has 0 fully saturated rings. The zero-order valence-corrected chi connectivity index (χ0v) is 13.0. The second kappa shape index (κ2) is 6.92. The lowest BCUT2D eigenvalue weighted by atomic mass is 10.0. The van der Waals surface area contributed by atoms with E-state index in [9.17, 15) is 4.79 Å². The fraction of sp³-hybridized carbons (Fsp3) is 0.158. The van der Waals surface area contributed by atoms with Crippen LogP contribution in [0.2, 0.25) is 0 Å². The van der Waals surface area contributed by atoms with Crippen LogP contribution in [0.5, 0.6) is 0 Å². The summed E-state index contributed by atoms with van der Waals surface area (Å²) in [6.45, 7) is 2.28. The summed E-state index contributed by atoms with van der Waals surface area (Å²) in [7, 11) is 0. The number of rotatable bonds is 5. The molecule has 0 atom stereocenters. The van der Waals surface area contributed by atoms with Gasteiger partial charge in [-0.3, -0.25) is 9.48 Å². The average Bonchev–Trinajstić information content (AvgIpc) is 3.00. The third kappa shape index (κ3) is 3.48. The van der Waals surface area contributed by atoms with E-state index in [0.29, 0.717) is 6.61 Å². The quantitative estimate of drug-likeness (QED) is 0.674. The first-order valence-corrected chi connectivity index (χ1v) is 7.62. The highest BCUT2D eigenvalue weighted by Crippen LogP contribution is 2.30. The number of nitrogens with zero attached hydrogens (tertiary/aromatic N) is 2. The maximum atomic E-state index is 11.7. The van der Waals surface area contributed by atoms with Gasteiger partial charge < -0.3 is 4.74 Å². The summed E-state index contributed by atoms with van der Waals surface area (Å²) >= 11 is 0. The van der Waals surface area contributed by atoms with E-state index in [-0.39, 0.29) is 12.5 Å². The third-order valence-corrected chi connectivity index (χ3v) is 3.49. The number of hydrogen-bond acceptors (Lipinski definition) is 3. The second-order valence-corrected chi connectivity index (χ2v) is 5.13. The molecule has 0 N–H and O–H groups in total. The lowest BCUT2D eigenvalue weighted by Gasteiger charge is -2.02. The Balaban J connectivity index is 2.02. The Labute approximate surface area is 135 Å². The van der Waals surface area contributed by atoms with Gasteiger partial charge in [-0.25, -0.2) is 0 Å². The molecule has 3 rings (SSSR count). The van der Waals surface area contributed by atoms with Gasteiger partial charge in [0.15, 0.2) is 0 Å². The summed E-state index contributed by atoms with van der Waals surface area (Å²) in [6.07, 6.45) is 1.90. The summed E-state index contributed by atoms with van der Waals surface area (Å²) < 4.78 is 6.65. The Morgan fingerprint density at radius 3 is 2.22 bits per heavy atom. The Morgan fingerprint density at radius 2 is 1.61 bits per heavy atom.